The Bertz CT molecular complexity index is 1310. The van der Waals surface area contributed by atoms with Crippen molar-refractivity contribution in [2.45, 2.75) is 20.5 Å². The number of rotatable bonds is 9. The molecule has 3 aromatic rings. The fraction of sp³-hybridized carbons (Fsp3) is 0.148. The molecule has 0 aliphatic rings. The second-order valence-electron chi connectivity index (χ2n) is 7.51. The molecule has 0 radical (unpaired) electrons. The summed E-state index contributed by atoms with van der Waals surface area (Å²) in [6.07, 6.45) is 1.46. The molecule has 35 heavy (non-hydrogen) atoms. The van der Waals surface area contributed by atoms with E-state index in [1.165, 1.54) is 18.2 Å². The number of halogens is 1. The number of aromatic carboxylic acids is 1. The minimum Gasteiger partial charge on any atom is -0.490 e. The zero-order chi connectivity index (χ0) is 25.4. The summed E-state index contributed by atoms with van der Waals surface area (Å²) < 4.78 is 11.6. The van der Waals surface area contributed by atoms with E-state index in [4.69, 9.17) is 26.2 Å². The number of amides is 1. The molecular weight excluding hydrogens is 468 g/mol. The Morgan fingerprint density at radius 1 is 1.06 bits per heavy atom. The molecular formula is C27H23ClN2O5. The van der Waals surface area contributed by atoms with Gasteiger partial charge in [-0.15, -0.1) is 0 Å². The summed E-state index contributed by atoms with van der Waals surface area (Å²) in [4.78, 5) is 23.7. The second kappa shape index (κ2) is 11.7. The van der Waals surface area contributed by atoms with Gasteiger partial charge in [-0.3, -0.25) is 4.79 Å². The van der Waals surface area contributed by atoms with Crippen molar-refractivity contribution < 1.29 is 24.2 Å². The molecule has 0 unspecified atom stereocenters. The predicted octanol–water partition coefficient (Wildman–Crippen LogP) is 5.87. The van der Waals surface area contributed by atoms with E-state index in [0.29, 0.717) is 34.4 Å². The first kappa shape index (κ1) is 25.3. The number of carbonyl (C=O) groups is 2. The molecule has 0 atom stereocenters. The molecule has 0 fully saturated rings. The summed E-state index contributed by atoms with van der Waals surface area (Å²) in [5.41, 5.74) is 2.83. The highest BCUT2D eigenvalue weighted by Crippen LogP contribution is 2.30. The molecule has 0 saturated carbocycles. The van der Waals surface area contributed by atoms with Crippen molar-refractivity contribution in [1.29, 1.82) is 5.26 Å². The fourth-order valence-electron chi connectivity index (χ4n) is 3.14. The van der Waals surface area contributed by atoms with E-state index in [2.05, 4.69) is 5.32 Å². The highest BCUT2D eigenvalue weighted by molar-refractivity contribution is 6.31. The zero-order valence-corrected chi connectivity index (χ0v) is 19.9. The average molecular weight is 491 g/mol. The summed E-state index contributed by atoms with van der Waals surface area (Å²) in [6, 6.07) is 18.5. The van der Waals surface area contributed by atoms with Crippen LogP contribution in [-0.2, 0) is 11.4 Å². The Morgan fingerprint density at radius 2 is 1.80 bits per heavy atom. The molecule has 3 aromatic carbocycles. The Kier molecular flexibility index (Phi) is 8.49. The number of nitrogens with zero attached hydrogens (tertiary/aromatic N) is 1. The highest BCUT2D eigenvalue weighted by Gasteiger charge is 2.13. The van der Waals surface area contributed by atoms with Gasteiger partial charge in [-0.2, -0.15) is 5.26 Å². The van der Waals surface area contributed by atoms with Crippen LogP contribution >= 0.6 is 11.6 Å². The van der Waals surface area contributed by atoms with Crippen LogP contribution in [0.5, 0.6) is 11.5 Å². The van der Waals surface area contributed by atoms with E-state index in [9.17, 15) is 14.9 Å². The van der Waals surface area contributed by atoms with Crippen LogP contribution in [0.3, 0.4) is 0 Å². The van der Waals surface area contributed by atoms with Gasteiger partial charge in [-0.25, -0.2) is 4.79 Å². The lowest BCUT2D eigenvalue weighted by Gasteiger charge is -2.13. The number of hydrogen-bond donors (Lipinski definition) is 2. The van der Waals surface area contributed by atoms with Crippen molar-refractivity contribution in [1.82, 2.24) is 0 Å². The number of ether oxygens (including phenoxy) is 2. The minimum atomic E-state index is -0.993. The minimum absolute atomic E-state index is 0.0842. The fourth-order valence-corrected chi connectivity index (χ4v) is 3.31. The van der Waals surface area contributed by atoms with Crippen molar-refractivity contribution >= 4 is 35.2 Å². The number of nitriles is 1. The molecule has 3 rings (SSSR count). The number of carboxylic acids is 1. The standard InChI is InChI=1S/C27H23ClN2O5/c1-3-34-25-13-19(7-11-24(25)35-16-18-5-8-20(9-6-18)27(32)33)12-21(15-29)26(31)30-23-14-22(28)10-4-17(23)2/h4-14H,3,16H2,1-2H3,(H,30,31)(H,32,33)/b21-12+. The SMILES string of the molecule is CCOc1cc(/C=C(\C#N)C(=O)Nc2cc(Cl)ccc2C)ccc1OCc1ccc(C(=O)O)cc1. The van der Waals surface area contributed by atoms with Gasteiger partial charge in [-0.1, -0.05) is 35.9 Å². The number of carbonyl (C=O) groups excluding carboxylic acids is 1. The van der Waals surface area contributed by atoms with E-state index in [1.807, 2.05) is 19.9 Å². The summed E-state index contributed by atoms with van der Waals surface area (Å²) in [5.74, 6) is -0.621. The molecule has 7 nitrogen and oxygen atoms in total. The van der Waals surface area contributed by atoms with Gasteiger partial charge >= 0.3 is 5.97 Å². The van der Waals surface area contributed by atoms with E-state index in [0.717, 1.165) is 11.1 Å². The van der Waals surface area contributed by atoms with Crippen LogP contribution in [0.25, 0.3) is 6.08 Å². The number of hydrogen-bond acceptors (Lipinski definition) is 5. The molecule has 0 saturated heterocycles. The van der Waals surface area contributed by atoms with Gasteiger partial charge in [0.2, 0.25) is 0 Å². The van der Waals surface area contributed by atoms with Crippen LogP contribution in [0.2, 0.25) is 5.02 Å². The van der Waals surface area contributed by atoms with Crippen molar-refractivity contribution in [3.8, 4) is 17.6 Å². The maximum Gasteiger partial charge on any atom is 0.335 e. The molecule has 0 aliphatic carbocycles. The van der Waals surface area contributed by atoms with Crippen LogP contribution in [-0.4, -0.2) is 23.6 Å². The maximum absolute atomic E-state index is 12.7. The summed E-state index contributed by atoms with van der Waals surface area (Å²) in [5, 5.41) is 21.8. The van der Waals surface area contributed by atoms with E-state index in [-0.39, 0.29) is 17.7 Å². The van der Waals surface area contributed by atoms with E-state index >= 15 is 0 Å². The Balaban J connectivity index is 1.78. The van der Waals surface area contributed by atoms with Crippen molar-refractivity contribution in [3.63, 3.8) is 0 Å². The lowest BCUT2D eigenvalue weighted by molar-refractivity contribution is -0.112. The first-order chi connectivity index (χ1) is 16.8. The topological polar surface area (TPSA) is 109 Å². The van der Waals surface area contributed by atoms with E-state index in [1.54, 1.807) is 48.5 Å². The monoisotopic (exact) mass is 490 g/mol. The molecule has 0 bridgehead atoms. The summed E-state index contributed by atoms with van der Waals surface area (Å²) in [6.45, 7) is 4.25. The Labute approximate surface area is 208 Å². The number of carboxylic acid groups (broad SMARTS) is 1. The number of aryl methyl sites for hydroxylation is 1. The van der Waals surface area contributed by atoms with Crippen LogP contribution in [0.4, 0.5) is 5.69 Å². The van der Waals surface area contributed by atoms with Crippen LogP contribution in [0.1, 0.15) is 34.0 Å². The van der Waals surface area contributed by atoms with Crippen LogP contribution in [0.15, 0.2) is 66.2 Å². The first-order valence-electron chi connectivity index (χ1n) is 10.7. The number of nitrogens with one attached hydrogen (secondary N) is 1. The second-order valence-corrected chi connectivity index (χ2v) is 7.95. The van der Waals surface area contributed by atoms with Crippen LogP contribution < -0.4 is 14.8 Å². The quantitative estimate of drug-likeness (QED) is 0.287. The van der Waals surface area contributed by atoms with Gasteiger partial charge in [0, 0.05) is 10.7 Å². The molecule has 8 heteroatoms. The third-order valence-corrected chi connectivity index (χ3v) is 5.22. The van der Waals surface area contributed by atoms with Gasteiger partial charge in [0.25, 0.3) is 5.91 Å². The lowest BCUT2D eigenvalue weighted by Crippen LogP contribution is -2.14. The molecule has 0 heterocycles. The Morgan fingerprint density at radius 3 is 2.46 bits per heavy atom. The summed E-state index contributed by atoms with van der Waals surface area (Å²) in [7, 11) is 0. The van der Waals surface area contributed by atoms with Gasteiger partial charge in [-0.05, 0) is 73.0 Å². The van der Waals surface area contributed by atoms with E-state index < -0.39 is 11.9 Å². The highest BCUT2D eigenvalue weighted by atomic mass is 35.5. The molecule has 0 aliphatic heterocycles. The van der Waals surface area contributed by atoms with Gasteiger partial charge in [0.05, 0.1) is 12.2 Å². The largest absolute Gasteiger partial charge is 0.490 e. The van der Waals surface area contributed by atoms with Crippen molar-refractivity contribution in [2.24, 2.45) is 0 Å². The lowest BCUT2D eigenvalue weighted by atomic mass is 10.1. The molecule has 178 valence electrons. The van der Waals surface area contributed by atoms with Crippen molar-refractivity contribution in [3.05, 3.63) is 93.5 Å². The van der Waals surface area contributed by atoms with Gasteiger partial charge in [0.1, 0.15) is 18.2 Å². The summed E-state index contributed by atoms with van der Waals surface area (Å²) >= 11 is 6.01. The van der Waals surface area contributed by atoms with Gasteiger partial charge < -0.3 is 19.9 Å². The molecule has 1 amide bonds. The van der Waals surface area contributed by atoms with Gasteiger partial charge in [0.15, 0.2) is 11.5 Å². The molecule has 0 aromatic heterocycles. The predicted molar refractivity (Wildman–Crippen MR) is 134 cm³/mol. The third-order valence-electron chi connectivity index (χ3n) is 4.99. The number of benzene rings is 3. The normalized spacial score (nSPS) is 10.9. The smallest absolute Gasteiger partial charge is 0.335 e. The van der Waals surface area contributed by atoms with Crippen LogP contribution in [0, 0.1) is 18.3 Å². The first-order valence-corrected chi connectivity index (χ1v) is 11.1. The third kappa shape index (κ3) is 6.85. The number of anilines is 1. The molecule has 2 N–H and O–H groups in total. The van der Waals surface area contributed by atoms with Crippen molar-refractivity contribution in [2.75, 3.05) is 11.9 Å². The zero-order valence-electron chi connectivity index (χ0n) is 19.2. The molecule has 0 spiro atoms. The maximum atomic E-state index is 12.7. The Hall–Kier alpha value is -4.28. The average Bonchev–Trinajstić information content (AvgIpc) is 2.84.